The Hall–Kier alpha value is -1.46. The quantitative estimate of drug-likeness (QED) is 0.842. The van der Waals surface area contributed by atoms with Gasteiger partial charge in [0.1, 0.15) is 12.6 Å². The van der Waals surface area contributed by atoms with Gasteiger partial charge in [0, 0.05) is 23.2 Å². The fourth-order valence-corrected chi connectivity index (χ4v) is 3.36. The molecule has 0 unspecified atom stereocenters. The van der Waals surface area contributed by atoms with E-state index in [0.29, 0.717) is 18.4 Å². The largest absolute Gasteiger partial charge is 0.349 e. The molecule has 1 aliphatic rings. The molecule has 1 radical (unpaired) electrons. The van der Waals surface area contributed by atoms with E-state index in [1.807, 2.05) is 51.6 Å². The molecule has 1 amide bonds. The van der Waals surface area contributed by atoms with Crippen LogP contribution in [-0.2, 0) is 12.3 Å². The van der Waals surface area contributed by atoms with E-state index in [0.717, 1.165) is 0 Å². The van der Waals surface area contributed by atoms with Crippen molar-refractivity contribution in [2.75, 3.05) is 0 Å². The summed E-state index contributed by atoms with van der Waals surface area (Å²) in [5.41, 5.74) is -0.303. The number of piperidine rings is 1. The third-order valence-corrected chi connectivity index (χ3v) is 4.13. The van der Waals surface area contributed by atoms with Gasteiger partial charge in [-0.05, 0) is 46.6 Å². The predicted molar refractivity (Wildman–Crippen MR) is 78.8 cm³/mol. The van der Waals surface area contributed by atoms with Gasteiger partial charge < -0.3 is 5.32 Å². The first-order valence-corrected chi connectivity index (χ1v) is 7.35. The molecule has 21 heavy (non-hydrogen) atoms. The van der Waals surface area contributed by atoms with Gasteiger partial charge >= 0.3 is 0 Å². The van der Waals surface area contributed by atoms with E-state index in [1.165, 1.54) is 5.06 Å². The summed E-state index contributed by atoms with van der Waals surface area (Å²) in [6.45, 7) is 7.73. The molecule has 0 bridgehead atoms. The molecular weight excluding hydrogens is 266 g/mol. The van der Waals surface area contributed by atoms with Gasteiger partial charge in [-0.25, -0.2) is 4.57 Å². The SMILES string of the molecule is C[n+]1cccc(C(=O)NC2CC(C)(C)N([O])C(C)(C)C2)c1. The van der Waals surface area contributed by atoms with Crippen molar-refractivity contribution in [3.63, 3.8) is 0 Å². The lowest BCUT2D eigenvalue weighted by Gasteiger charge is -2.49. The van der Waals surface area contributed by atoms with Gasteiger partial charge in [-0.2, -0.15) is 0 Å². The Bertz CT molecular complexity index is 522. The molecule has 0 aliphatic carbocycles. The summed E-state index contributed by atoms with van der Waals surface area (Å²) in [6, 6.07) is 3.66. The fraction of sp³-hybridized carbons (Fsp3) is 0.625. The Morgan fingerprint density at radius 1 is 1.29 bits per heavy atom. The average Bonchev–Trinajstić information content (AvgIpc) is 2.35. The van der Waals surface area contributed by atoms with Gasteiger partial charge in [-0.15, -0.1) is 10.3 Å². The van der Waals surface area contributed by atoms with Crippen LogP contribution in [0.15, 0.2) is 24.5 Å². The Morgan fingerprint density at radius 2 is 1.86 bits per heavy atom. The number of carbonyl (C=O) groups excluding carboxylic acids is 1. The summed E-state index contributed by atoms with van der Waals surface area (Å²) in [5.74, 6) is -0.0813. The number of hydrogen-bond acceptors (Lipinski definition) is 2. The second-order valence-corrected chi connectivity index (χ2v) is 7.26. The van der Waals surface area contributed by atoms with Crippen molar-refractivity contribution in [3.8, 4) is 0 Å². The zero-order valence-electron chi connectivity index (χ0n) is 13.5. The molecule has 0 spiro atoms. The number of amides is 1. The number of nitrogens with zero attached hydrogens (tertiary/aromatic N) is 2. The molecule has 2 heterocycles. The van der Waals surface area contributed by atoms with Crippen LogP contribution in [0.1, 0.15) is 50.9 Å². The van der Waals surface area contributed by atoms with Crippen LogP contribution in [0.2, 0.25) is 0 Å². The second-order valence-electron chi connectivity index (χ2n) is 7.26. The Labute approximate surface area is 126 Å². The zero-order chi connectivity index (χ0) is 15.8. The summed E-state index contributed by atoms with van der Waals surface area (Å²) in [6.07, 6.45) is 5.00. The van der Waals surface area contributed by atoms with Crippen molar-refractivity contribution in [1.82, 2.24) is 10.4 Å². The maximum atomic E-state index is 12.4. The summed E-state index contributed by atoms with van der Waals surface area (Å²) < 4.78 is 1.85. The number of rotatable bonds is 2. The Kier molecular flexibility index (Phi) is 4.08. The second kappa shape index (κ2) is 5.39. The fourth-order valence-electron chi connectivity index (χ4n) is 3.36. The Morgan fingerprint density at radius 3 is 2.38 bits per heavy atom. The molecule has 0 atom stereocenters. The number of carbonyl (C=O) groups is 1. The van der Waals surface area contributed by atoms with Crippen LogP contribution in [-0.4, -0.2) is 28.1 Å². The summed E-state index contributed by atoms with van der Waals surface area (Å²) in [4.78, 5) is 12.4. The molecule has 1 aromatic heterocycles. The molecule has 2 rings (SSSR count). The predicted octanol–water partition coefficient (Wildman–Crippen LogP) is 1.61. The molecule has 0 saturated carbocycles. The van der Waals surface area contributed by atoms with Crippen LogP contribution in [0.3, 0.4) is 0 Å². The van der Waals surface area contributed by atoms with Crippen LogP contribution in [0, 0.1) is 0 Å². The van der Waals surface area contributed by atoms with Crippen LogP contribution < -0.4 is 9.88 Å². The van der Waals surface area contributed by atoms with Crippen LogP contribution in [0.25, 0.3) is 0 Å². The van der Waals surface area contributed by atoms with E-state index >= 15 is 0 Å². The lowest BCUT2D eigenvalue weighted by molar-refractivity contribution is -0.671. The topological polar surface area (TPSA) is 56.1 Å². The smallest absolute Gasteiger partial charge is 0.257 e. The first-order valence-electron chi connectivity index (χ1n) is 7.35. The van der Waals surface area contributed by atoms with Crippen LogP contribution in [0.4, 0.5) is 0 Å². The van der Waals surface area contributed by atoms with Gasteiger partial charge in [0.2, 0.25) is 0 Å². The van der Waals surface area contributed by atoms with Gasteiger partial charge in [0.05, 0.1) is 0 Å². The number of aromatic nitrogens is 1. The van der Waals surface area contributed by atoms with E-state index < -0.39 is 11.1 Å². The van der Waals surface area contributed by atoms with Crippen molar-refractivity contribution in [1.29, 1.82) is 0 Å². The van der Waals surface area contributed by atoms with Crippen LogP contribution in [0.5, 0.6) is 0 Å². The molecule has 5 nitrogen and oxygen atoms in total. The standard InChI is InChI=1S/C16H24N3O2/c1-15(2)9-13(10-16(3,4)19(15)21)17-14(20)12-7-6-8-18(5)11-12/h6-8,11,13H,9-10H2,1-5H3/p+1. The normalized spacial score (nSPS) is 22.0. The monoisotopic (exact) mass is 291 g/mol. The molecule has 1 aliphatic heterocycles. The van der Waals surface area contributed by atoms with Crippen molar-refractivity contribution in [2.45, 2.75) is 57.7 Å². The van der Waals surface area contributed by atoms with E-state index in [-0.39, 0.29) is 11.9 Å². The van der Waals surface area contributed by atoms with E-state index in [2.05, 4.69) is 5.32 Å². The van der Waals surface area contributed by atoms with E-state index in [9.17, 15) is 10.0 Å². The maximum Gasteiger partial charge on any atom is 0.257 e. The van der Waals surface area contributed by atoms with Gasteiger partial charge in [-0.3, -0.25) is 4.79 Å². The van der Waals surface area contributed by atoms with Crippen molar-refractivity contribution < 1.29 is 14.6 Å². The molecule has 1 fully saturated rings. The lowest BCUT2D eigenvalue weighted by Crippen LogP contribution is -2.62. The van der Waals surface area contributed by atoms with Gasteiger partial charge in [0.15, 0.2) is 12.4 Å². The Balaban J connectivity index is 2.11. The first-order chi connectivity index (χ1) is 9.62. The number of hydroxylamine groups is 2. The number of nitrogens with one attached hydrogen (secondary N) is 1. The van der Waals surface area contributed by atoms with Crippen molar-refractivity contribution >= 4 is 5.91 Å². The van der Waals surface area contributed by atoms with Crippen molar-refractivity contribution in [3.05, 3.63) is 30.1 Å². The van der Waals surface area contributed by atoms with E-state index in [1.54, 1.807) is 12.3 Å². The minimum Gasteiger partial charge on any atom is -0.349 e. The van der Waals surface area contributed by atoms with Gasteiger partial charge in [-0.1, -0.05) is 0 Å². The summed E-state index contributed by atoms with van der Waals surface area (Å²) >= 11 is 0. The molecule has 5 heteroatoms. The zero-order valence-corrected chi connectivity index (χ0v) is 13.5. The summed E-state index contributed by atoms with van der Waals surface area (Å²) in [5, 5.41) is 16.6. The highest BCUT2D eigenvalue weighted by Gasteiger charge is 2.46. The highest BCUT2D eigenvalue weighted by Crippen LogP contribution is 2.37. The molecule has 0 aromatic carbocycles. The average molecular weight is 291 g/mol. The minimum atomic E-state index is -0.471. The third-order valence-electron chi connectivity index (χ3n) is 4.13. The van der Waals surface area contributed by atoms with E-state index in [4.69, 9.17) is 0 Å². The van der Waals surface area contributed by atoms with Gasteiger partial charge in [0.25, 0.3) is 5.91 Å². The number of aryl methyl sites for hydroxylation is 1. The molecular formula is C16H25N3O2+. The molecule has 115 valence electrons. The van der Waals surface area contributed by atoms with Crippen LogP contribution >= 0.6 is 0 Å². The number of pyridine rings is 1. The molecule has 1 saturated heterocycles. The molecule has 1 aromatic rings. The highest BCUT2D eigenvalue weighted by atomic mass is 16.5. The van der Waals surface area contributed by atoms with Crippen molar-refractivity contribution in [2.24, 2.45) is 7.05 Å². The highest BCUT2D eigenvalue weighted by molar-refractivity contribution is 5.93. The number of hydrogen-bond donors (Lipinski definition) is 1. The lowest BCUT2D eigenvalue weighted by atomic mass is 9.79. The third kappa shape index (κ3) is 3.41. The maximum absolute atomic E-state index is 12.4. The minimum absolute atomic E-state index is 0.0122. The molecule has 1 N–H and O–H groups in total. The first kappa shape index (κ1) is 15.9. The summed E-state index contributed by atoms with van der Waals surface area (Å²) in [7, 11) is 1.89.